The van der Waals surface area contributed by atoms with E-state index in [1.807, 2.05) is 6.07 Å². The molecule has 19 heavy (non-hydrogen) atoms. The fourth-order valence-electron chi connectivity index (χ4n) is 1.95. The summed E-state index contributed by atoms with van der Waals surface area (Å²) in [6.07, 6.45) is 2.61. The van der Waals surface area contributed by atoms with Crippen molar-refractivity contribution in [2.45, 2.75) is 6.42 Å². The summed E-state index contributed by atoms with van der Waals surface area (Å²) < 4.78 is 29.7. The number of hydrogen-bond acceptors (Lipinski definition) is 4. The molecule has 0 aliphatic rings. The minimum Gasteiger partial charge on any atom is -0.497 e. The number of hydrogen-bond donors (Lipinski definition) is 0. The predicted octanol–water partition coefficient (Wildman–Crippen LogP) is 2.18. The zero-order valence-corrected chi connectivity index (χ0v) is 11.9. The summed E-state index contributed by atoms with van der Waals surface area (Å²) in [5, 5.41) is 9.73. The molecule has 0 N–H and O–H groups in total. The van der Waals surface area contributed by atoms with Gasteiger partial charge in [-0.3, -0.25) is 0 Å². The minimum absolute atomic E-state index is 0.0884. The second kappa shape index (κ2) is 4.76. The SMILES string of the molecule is COc1cc(Cl)c2c(CC#N)cn(S(C)(=O)=O)c2c1. The first-order valence-corrected chi connectivity index (χ1v) is 7.56. The number of rotatable bonds is 3. The fourth-order valence-corrected chi connectivity index (χ4v) is 3.09. The highest BCUT2D eigenvalue weighted by atomic mass is 35.5. The van der Waals surface area contributed by atoms with Crippen molar-refractivity contribution in [2.24, 2.45) is 0 Å². The molecule has 0 saturated carbocycles. The molecule has 0 bridgehead atoms. The van der Waals surface area contributed by atoms with Gasteiger partial charge in [0.05, 0.1) is 36.4 Å². The highest BCUT2D eigenvalue weighted by Gasteiger charge is 2.18. The lowest BCUT2D eigenvalue weighted by molar-refractivity contribution is 0.415. The van der Waals surface area contributed by atoms with Gasteiger partial charge in [0.25, 0.3) is 0 Å². The van der Waals surface area contributed by atoms with Gasteiger partial charge in [-0.15, -0.1) is 0 Å². The third-order valence-corrected chi connectivity index (χ3v) is 4.05. The van der Waals surface area contributed by atoms with Crippen molar-refractivity contribution in [1.29, 1.82) is 5.26 Å². The topological polar surface area (TPSA) is 72.1 Å². The summed E-state index contributed by atoms with van der Waals surface area (Å²) in [5.74, 6) is 0.462. The molecule has 0 aliphatic carbocycles. The number of benzene rings is 1. The van der Waals surface area contributed by atoms with Crippen LogP contribution in [0.5, 0.6) is 5.75 Å². The van der Waals surface area contributed by atoms with E-state index in [-0.39, 0.29) is 6.42 Å². The molecule has 1 aromatic heterocycles. The molecule has 5 nitrogen and oxygen atoms in total. The van der Waals surface area contributed by atoms with E-state index in [0.717, 1.165) is 10.2 Å². The monoisotopic (exact) mass is 298 g/mol. The maximum atomic E-state index is 11.8. The Bertz CT molecular complexity index is 787. The Labute approximate surface area is 116 Å². The van der Waals surface area contributed by atoms with Crippen LogP contribution in [0.15, 0.2) is 18.3 Å². The summed E-state index contributed by atoms with van der Waals surface area (Å²) in [6.45, 7) is 0. The number of nitriles is 1. The van der Waals surface area contributed by atoms with Crippen LogP contribution in [0.4, 0.5) is 0 Å². The Morgan fingerprint density at radius 3 is 2.68 bits per heavy atom. The second-order valence-electron chi connectivity index (χ2n) is 4.05. The quantitative estimate of drug-likeness (QED) is 0.870. The highest BCUT2D eigenvalue weighted by molar-refractivity contribution is 7.89. The highest BCUT2D eigenvalue weighted by Crippen LogP contribution is 2.34. The number of fused-ring (bicyclic) bond motifs is 1. The molecule has 0 saturated heterocycles. The summed E-state index contributed by atoms with van der Waals surface area (Å²) in [4.78, 5) is 0. The molecule has 0 amide bonds. The summed E-state index contributed by atoms with van der Waals surface area (Å²) in [7, 11) is -2.00. The van der Waals surface area contributed by atoms with E-state index in [2.05, 4.69) is 0 Å². The van der Waals surface area contributed by atoms with E-state index < -0.39 is 10.0 Å². The minimum atomic E-state index is -3.48. The smallest absolute Gasteiger partial charge is 0.236 e. The number of aromatic nitrogens is 1. The lowest BCUT2D eigenvalue weighted by Gasteiger charge is -2.05. The fraction of sp³-hybridized carbons (Fsp3) is 0.250. The summed E-state index contributed by atoms with van der Waals surface area (Å²) in [6, 6.07) is 5.18. The first-order chi connectivity index (χ1) is 8.88. The van der Waals surface area contributed by atoms with Crippen LogP contribution in [0.25, 0.3) is 10.9 Å². The third-order valence-electron chi connectivity index (χ3n) is 2.74. The van der Waals surface area contributed by atoms with Crippen molar-refractivity contribution < 1.29 is 13.2 Å². The molecule has 100 valence electrons. The van der Waals surface area contributed by atoms with E-state index in [1.54, 1.807) is 12.1 Å². The van der Waals surface area contributed by atoms with Gasteiger partial charge < -0.3 is 4.74 Å². The number of nitrogens with zero attached hydrogens (tertiary/aromatic N) is 2. The molecule has 0 fully saturated rings. The van der Waals surface area contributed by atoms with Gasteiger partial charge in [0.15, 0.2) is 0 Å². The van der Waals surface area contributed by atoms with Crippen molar-refractivity contribution in [2.75, 3.05) is 13.4 Å². The number of ether oxygens (including phenoxy) is 1. The normalized spacial score (nSPS) is 11.5. The molecule has 0 atom stereocenters. The van der Waals surface area contributed by atoms with Crippen molar-refractivity contribution in [1.82, 2.24) is 3.97 Å². The van der Waals surface area contributed by atoms with E-state index >= 15 is 0 Å². The molecule has 2 rings (SSSR count). The standard InChI is InChI=1S/C12H11ClN2O3S/c1-18-9-5-10(13)12-8(3-4-14)7-15(11(12)6-9)19(2,16)17/h5-7H,3H2,1-2H3. The van der Waals surface area contributed by atoms with Gasteiger partial charge >= 0.3 is 0 Å². The molecule has 7 heteroatoms. The molecule has 0 aliphatic heterocycles. The molecular weight excluding hydrogens is 288 g/mol. The second-order valence-corrected chi connectivity index (χ2v) is 6.32. The predicted molar refractivity (Wildman–Crippen MR) is 73.1 cm³/mol. The molecular formula is C12H11ClN2O3S. The summed E-state index contributed by atoms with van der Waals surface area (Å²) in [5.41, 5.74) is 0.993. The van der Waals surface area contributed by atoms with E-state index in [1.165, 1.54) is 13.3 Å². The van der Waals surface area contributed by atoms with Gasteiger partial charge in [-0.05, 0) is 11.6 Å². The van der Waals surface area contributed by atoms with Crippen molar-refractivity contribution in [3.63, 3.8) is 0 Å². The lowest BCUT2D eigenvalue weighted by Crippen LogP contribution is -2.08. The van der Waals surface area contributed by atoms with Crippen LogP contribution in [0, 0.1) is 11.3 Å². The van der Waals surface area contributed by atoms with Crippen LogP contribution in [0.2, 0.25) is 5.02 Å². The third kappa shape index (κ3) is 2.39. The average Bonchev–Trinajstić information content (AvgIpc) is 2.68. The lowest BCUT2D eigenvalue weighted by atomic mass is 10.1. The van der Waals surface area contributed by atoms with Gasteiger partial charge in [-0.1, -0.05) is 11.6 Å². The maximum absolute atomic E-state index is 11.8. The molecule has 1 heterocycles. The van der Waals surface area contributed by atoms with Gasteiger partial charge in [-0.25, -0.2) is 12.4 Å². The Morgan fingerprint density at radius 1 is 1.47 bits per heavy atom. The van der Waals surface area contributed by atoms with Gasteiger partial charge in [-0.2, -0.15) is 5.26 Å². The number of halogens is 1. The first-order valence-electron chi connectivity index (χ1n) is 5.33. The van der Waals surface area contributed by atoms with Crippen LogP contribution in [0.1, 0.15) is 5.56 Å². The molecule has 2 aromatic rings. The van der Waals surface area contributed by atoms with Gasteiger partial charge in [0.1, 0.15) is 5.75 Å². The van der Waals surface area contributed by atoms with Gasteiger partial charge in [0.2, 0.25) is 10.0 Å². The van der Waals surface area contributed by atoms with Crippen LogP contribution in [-0.2, 0) is 16.4 Å². The Morgan fingerprint density at radius 2 is 2.16 bits per heavy atom. The number of methoxy groups -OCH3 is 1. The Kier molecular flexibility index (Phi) is 3.43. The molecule has 0 radical (unpaired) electrons. The van der Waals surface area contributed by atoms with Crippen LogP contribution < -0.4 is 4.74 Å². The summed E-state index contributed by atoms with van der Waals surface area (Å²) >= 11 is 6.15. The van der Waals surface area contributed by atoms with Crippen LogP contribution in [0.3, 0.4) is 0 Å². The van der Waals surface area contributed by atoms with Gasteiger partial charge in [0, 0.05) is 17.6 Å². The van der Waals surface area contributed by atoms with E-state index in [9.17, 15) is 8.42 Å². The first kappa shape index (κ1) is 13.7. The molecule has 1 aromatic carbocycles. The van der Waals surface area contributed by atoms with E-state index in [0.29, 0.717) is 27.2 Å². The van der Waals surface area contributed by atoms with Crippen molar-refractivity contribution >= 4 is 32.5 Å². The zero-order chi connectivity index (χ0) is 14.2. The average molecular weight is 299 g/mol. The van der Waals surface area contributed by atoms with E-state index in [4.69, 9.17) is 21.6 Å². The molecule has 0 unspecified atom stereocenters. The largest absolute Gasteiger partial charge is 0.497 e. The van der Waals surface area contributed by atoms with Crippen LogP contribution >= 0.6 is 11.6 Å². The Hall–Kier alpha value is -1.71. The van der Waals surface area contributed by atoms with Crippen molar-refractivity contribution in [3.8, 4) is 11.8 Å². The zero-order valence-electron chi connectivity index (χ0n) is 10.3. The van der Waals surface area contributed by atoms with Crippen LogP contribution in [-0.4, -0.2) is 25.8 Å². The Balaban J connectivity index is 2.92. The molecule has 0 spiro atoms. The maximum Gasteiger partial charge on any atom is 0.236 e. The van der Waals surface area contributed by atoms with Crippen molar-refractivity contribution in [3.05, 3.63) is 28.9 Å².